The number of amides is 1. The van der Waals surface area contributed by atoms with Gasteiger partial charge in [-0.2, -0.15) is 0 Å². The zero-order valence-corrected chi connectivity index (χ0v) is 16.5. The highest BCUT2D eigenvalue weighted by Gasteiger charge is 2.28. The van der Waals surface area contributed by atoms with Crippen LogP contribution in [0.15, 0.2) is 4.99 Å². The van der Waals surface area contributed by atoms with Crippen LogP contribution in [0.25, 0.3) is 0 Å². The second-order valence-electron chi connectivity index (χ2n) is 6.66. The van der Waals surface area contributed by atoms with Crippen LogP contribution in [0.2, 0.25) is 0 Å². The Morgan fingerprint density at radius 3 is 2.56 bits per heavy atom. The second-order valence-corrected chi connectivity index (χ2v) is 8.88. The summed E-state index contributed by atoms with van der Waals surface area (Å²) in [6, 6.07) is -0.258. The first-order chi connectivity index (χ1) is 11.8. The van der Waals surface area contributed by atoms with E-state index in [0.717, 1.165) is 6.42 Å². The largest absolute Gasteiger partial charge is 0.450 e. The van der Waals surface area contributed by atoms with Crippen LogP contribution < -0.4 is 16.0 Å². The molecule has 0 aromatic rings. The van der Waals surface area contributed by atoms with Gasteiger partial charge in [0.05, 0.1) is 30.7 Å². The van der Waals surface area contributed by atoms with Crippen molar-refractivity contribution in [2.24, 2.45) is 10.9 Å². The van der Waals surface area contributed by atoms with Crippen molar-refractivity contribution >= 4 is 21.9 Å². The number of alkyl carbamates (subject to hydrolysis) is 1. The number of nitrogens with zero attached hydrogens (tertiary/aromatic N) is 1. The molecule has 1 rings (SSSR count). The van der Waals surface area contributed by atoms with Crippen LogP contribution >= 0.6 is 0 Å². The van der Waals surface area contributed by atoms with Crippen LogP contribution in [-0.4, -0.2) is 63.8 Å². The smallest absolute Gasteiger partial charge is 0.407 e. The number of nitrogens with one attached hydrogen (secondary N) is 3. The van der Waals surface area contributed by atoms with Gasteiger partial charge >= 0.3 is 6.09 Å². The van der Waals surface area contributed by atoms with Crippen LogP contribution in [-0.2, 0) is 14.6 Å². The van der Waals surface area contributed by atoms with Gasteiger partial charge in [-0.05, 0) is 32.6 Å². The van der Waals surface area contributed by atoms with Crippen molar-refractivity contribution in [1.82, 2.24) is 16.0 Å². The Morgan fingerprint density at radius 2 is 2.04 bits per heavy atom. The molecule has 3 N–H and O–H groups in total. The minimum absolute atomic E-state index is 0.121. The normalized spacial score (nSPS) is 21.0. The van der Waals surface area contributed by atoms with E-state index in [0.29, 0.717) is 38.0 Å². The van der Waals surface area contributed by atoms with Gasteiger partial charge in [-0.15, -0.1) is 0 Å². The molecule has 0 radical (unpaired) electrons. The minimum atomic E-state index is -2.94. The number of sulfone groups is 1. The van der Waals surface area contributed by atoms with E-state index in [4.69, 9.17) is 4.74 Å². The summed E-state index contributed by atoms with van der Waals surface area (Å²) in [5, 5.41) is 9.13. The average molecular weight is 377 g/mol. The average Bonchev–Trinajstić information content (AvgIpc) is 2.83. The molecule has 0 aromatic heterocycles. The number of hydrogen-bond donors (Lipinski definition) is 3. The zero-order chi connectivity index (χ0) is 18.9. The number of aliphatic imine (C=N–C) groups is 1. The van der Waals surface area contributed by atoms with Crippen molar-refractivity contribution in [3.63, 3.8) is 0 Å². The highest BCUT2D eigenvalue weighted by Crippen LogP contribution is 2.11. The highest BCUT2D eigenvalue weighted by molar-refractivity contribution is 7.91. The van der Waals surface area contributed by atoms with Crippen LogP contribution in [0.1, 0.15) is 40.5 Å². The molecule has 8 nitrogen and oxygen atoms in total. The summed E-state index contributed by atoms with van der Waals surface area (Å²) in [5.41, 5.74) is 0. The van der Waals surface area contributed by atoms with Crippen molar-refractivity contribution in [2.45, 2.75) is 52.6 Å². The summed E-state index contributed by atoms with van der Waals surface area (Å²) in [5.74, 6) is 1.32. The first-order valence-electron chi connectivity index (χ1n) is 8.94. The number of rotatable bonds is 8. The lowest BCUT2D eigenvalue weighted by atomic mass is 10.0. The number of carbonyl (C=O) groups excluding carboxylic acids is 1. The molecule has 0 saturated carbocycles. The van der Waals surface area contributed by atoms with E-state index in [1.165, 1.54) is 0 Å². The molecule has 9 heteroatoms. The Labute approximate surface area is 151 Å². The van der Waals surface area contributed by atoms with E-state index in [-0.39, 0.29) is 23.6 Å². The van der Waals surface area contributed by atoms with Gasteiger partial charge in [0.1, 0.15) is 0 Å². The molecule has 1 heterocycles. The Kier molecular flexibility index (Phi) is 9.02. The van der Waals surface area contributed by atoms with E-state index in [2.05, 4.69) is 34.8 Å². The summed E-state index contributed by atoms with van der Waals surface area (Å²) in [6.07, 6.45) is 0.922. The SMILES string of the molecule is CCNC(=NCC(CC(C)C)NC(=O)OCC)NC1CCS(=O)(=O)C1. The molecule has 1 amide bonds. The maximum atomic E-state index is 11.7. The van der Waals surface area contributed by atoms with E-state index in [1.807, 2.05) is 6.92 Å². The Balaban J connectivity index is 2.68. The van der Waals surface area contributed by atoms with Crippen molar-refractivity contribution in [1.29, 1.82) is 0 Å². The van der Waals surface area contributed by atoms with E-state index >= 15 is 0 Å². The number of guanidine groups is 1. The van der Waals surface area contributed by atoms with Crippen LogP contribution in [0.4, 0.5) is 4.79 Å². The van der Waals surface area contributed by atoms with E-state index < -0.39 is 15.9 Å². The molecule has 2 unspecified atom stereocenters. The lowest BCUT2D eigenvalue weighted by Gasteiger charge is -2.20. The van der Waals surface area contributed by atoms with Gasteiger partial charge < -0.3 is 20.7 Å². The third-order valence-corrected chi connectivity index (χ3v) is 5.51. The highest BCUT2D eigenvalue weighted by atomic mass is 32.2. The van der Waals surface area contributed by atoms with Gasteiger partial charge in [-0.1, -0.05) is 13.8 Å². The maximum absolute atomic E-state index is 11.7. The van der Waals surface area contributed by atoms with Crippen molar-refractivity contribution in [3.05, 3.63) is 0 Å². The van der Waals surface area contributed by atoms with Gasteiger partial charge in [-0.25, -0.2) is 13.2 Å². The fourth-order valence-electron chi connectivity index (χ4n) is 2.71. The molecule has 146 valence electrons. The van der Waals surface area contributed by atoms with Gasteiger partial charge in [-0.3, -0.25) is 4.99 Å². The third kappa shape index (κ3) is 8.94. The molecule has 0 bridgehead atoms. The first kappa shape index (κ1) is 21.5. The Morgan fingerprint density at radius 1 is 1.32 bits per heavy atom. The predicted octanol–water partition coefficient (Wildman–Crippen LogP) is 0.889. The molecule has 1 fully saturated rings. The van der Waals surface area contributed by atoms with Crippen LogP contribution in [0.5, 0.6) is 0 Å². The second kappa shape index (κ2) is 10.5. The maximum Gasteiger partial charge on any atom is 0.407 e. The summed E-state index contributed by atoms with van der Waals surface area (Å²) >= 11 is 0. The molecule has 0 aliphatic carbocycles. The number of hydrogen-bond acceptors (Lipinski definition) is 5. The van der Waals surface area contributed by atoms with Gasteiger partial charge in [0.2, 0.25) is 0 Å². The molecule has 0 aromatic carbocycles. The fraction of sp³-hybridized carbons (Fsp3) is 0.875. The first-order valence-corrected chi connectivity index (χ1v) is 10.8. The molecule has 2 atom stereocenters. The summed E-state index contributed by atoms with van der Waals surface area (Å²) < 4.78 is 28.1. The van der Waals surface area contributed by atoms with Gasteiger partial charge in [0.15, 0.2) is 15.8 Å². The molecular weight excluding hydrogens is 344 g/mol. The Hall–Kier alpha value is -1.51. The summed E-state index contributed by atoms with van der Waals surface area (Å²) in [4.78, 5) is 16.2. The minimum Gasteiger partial charge on any atom is -0.450 e. The predicted molar refractivity (Wildman–Crippen MR) is 99.6 cm³/mol. The van der Waals surface area contributed by atoms with Crippen molar-refractivity contribution in [3.8, 4) is 0 Å². The van der Waals surface area contributed by atoms with Gasteiger partial charge in [0, 0.05) is 12.6 Å². The molecule has 1 aliphatic rings. The summed E-state index contributed by atoms with van der Waals surface area (Å²) in [7, 11) is -2.94. The fourth-order valence-corrected chi connectivity index (χ4v) is 4.38. The lowest BCUT2D eigenvalue weighted by molar-refractivity contribution is 0.147. The van der Waals surface area contributed by atoms with Crippen molar-refractivity contribution < 1.29 is 17.9 Å². The lowest BCUT2D eigenvalue weighted by Crippen LogP contribution is -2.45. The quantitative estimate of drug-likeness (QED) is 0.429. The molecular formula is C16H32N4O4S. The van der Waals surface area contributed by atoms with Crippen LogP contribution in [0, 0.1) is 5.92 Å². The third-order valence-electron chi connectivity index (χ3n) is 3.74. The number of carbonyl (C=O) groups is 1. The van der Waals surface area contributed by atoms with Crippen molar-refractivity contribution in [2.75, 3.05) is 31.2 Å². The molecule has 0 spiro atoms. The molecule has 1 saturated heterocycles. The van der Waals surface area contributed by atoms with E-state index in [9.17, 15) is 13.2 Å². The topological polar surface area (TPSA) is 109 Å². The monoisotopic (exact) mass is 376 g/mol. The summed E-state index contributed by atoms with van der Waals surface area (Å²) in [6.45, 7) is 9.26. The number of ether oxygens (including phenoxy) is 1. The zero-order valence-electron chi connectivity index (χ0n) is 15.7. The van der Waals surface area contributed by atoms with E-state index in [1.54, 1.807) is 6.92 Å². The molecule has 25 heavy (non-hydrogen) atoms. The van der Waals surface area contributed by atoms with Gasteiger partial charge in [0.25, 0.3) is 0 Å². The molecule has 1 aliphatic heterocycles. The van der Waals surface area contributed by atoms with Crippen LogP contribution in [0.3, 0.4) is 0 Å². The Bertz CT molecular complexity index is 548. The standard InChI is InChI=1S/C16H32N4O4S/c1-5-17-15(19-13-7-8-25(22,23)11-13)18-10-14(9-12(3)4)20-16(21)24-6-2/h12-14H,5-11H2,1-4H3,(H,20,21)(H2,17,18,19).